The molecule has 0 aromatic heterocycles. The minimum atomic E-state index is -1.36. The summed E-state index contributed by atoms with van der Waals surface area (Å²) in [5.74, 6) is 0.325. The third-order valence-corrected chi connectivity index (χ3v) is 6.53. The number of carbonyl (C=O) groups excluding carboxylic acids is 1. The predicted molar refractivity (Wildman–Crippen MR) is 102 cm³/mol. The number of ether oxygens (including phenoxy) is 1. The van der Waals surface area contributed by atoms with Crippen molar-refractivity contribution in [3.8, 4) is 0 Å². The zero-order valence-electron chi connectivity index (χ0n) is 15.5. The molecule has 26 heavy (non-hydrogen) atoms. The van der Waals surface area contributed by atoms with Crippen LogP contribution in [0.1, 0.15) is 33.1 Å². The van der Waals surface area contributed by atoms with Gasteiger partial charge in [0, 0.05) is 0 Å². The maximum atomic E-state index is 12.7. The van der Waals surface area contributed by atoms with Crippen LogP contribution in [-0.2, 0) is 9.53 Å². The molecule has 2 heterocycles. The topological polar surface area (TPSA) is 111 Å². The van der Waals surface area contributed by atoms with E-state index in [0.29, 0.717) is 5.92 Å². The SMILES string of the molecule is CC[C@@H]1CCN[C@H](C(=O)N[C@@H]([C@H]2O[C@@H](SC)[C@H](O)[C@@H](O)[C@@H]2O)[C@@H](C)Cl)C1. The lowest BCUT2D eigenvalue weighted by Crippen LogP contribution is -2.65. The summed E-state index contributed by atoms with van der Waals surface area (Å²) in [6.45, 7) is 4.62. The first-order valence-corrected chi connectivity index (χ1v) is 10.9. The molecule has 2 aliphatic heterocycles. The van der Waals surface area contributed by atoms with E-state index >= 15 is 0 Å². The van der Waals surface area contributed by atoms with E-state index < -0.39 is 41.3 Å². The van der Waals surface area contributed by atoms with Crippen molar-refractivity contribution in [1.29, 1.82) is 0 Å². The molecule has 152 valence electrons. The molecule has 2 aliphatic rings. The molecule has 1 amide bonds. The summed E-state index contributed by atoms with van der Waals surface area (Å²) in [7, 11) is 0. The Balaban J connectivity index is 2.09. The van der Waals surface area contributed by atoms with Gasteiger partial charge in [0.2, 0.25) is 5.91 Å². The average Bonchev–Trinajstić information content (AvgIpc) is 2.64. The van der Waals surface area contributed by atoms with Crippen molar-refractivity contribution in [1.82, 2.24) is 10.6 Å². The summed E-state index contributed by atoms with van der Waals surface area (Å²) in [6.07, 6.45) is -0.236. The molecular formula is C17H31ClN2O5S. The van der Waals surface area contributed by atoms with Crippen LogP contribution >= 0.6 is 23.4 Å². The van der Waals surface area contributed by atoms with Crippen molar-refractivity contribution in [2.24, 2.45) is 5.92 Å². The summed E-state index contributed by atoms with van der Waals surface area (Å²) in [5.41, 5.74) is -0.703. The maximum Gasteiger partial charge on any atom is 0.237 e. The van der Waals surface area contributed by atoms with Gasteiger partial charge in [-0.1, -0.05) is 13.3 Å². The Morgan fingerprint density at radius 2 is 2.04 bits per heavy atom. The first kappa shape index (κ1) is 22.2. The Kier molecular flexibility index (Phi) is 8.46. The molecular weight excluding hydrogens is 380 g/mol. The van der Waals surface area contributed by atoms with Crippen LogP contribution in [0, 0.1) is 5.92 Å². The molecule has 2 rings (SSSR count). The third kappa shape index (κ3) is 5.04. The molecule has 5 N–H and O–H groups in total. The fourth-order valence-electron chi connectivity index (χ4n) is 3.66. The number of hydrogen-bond acceptors (Lipinski definition) is 7. The summed E-state index contributed by atoms with van der Waals surface area (Å²) < 4.78 is 5.77. The molecule has 0 spiro atoms. The number of hydrogen-bond donors (Lipinski definition) is 5. The summed E-state index contributed by atoms with van der Waals surface area (Å²) in [6, 6.07) is -1.00. The van der Waals surface area contributed by atoms with Crippen LogP contribution < -0.4 is 10.6 Å². The largest absolute Gasteiger partial charge is 0.388 e. The van der Waals surface area contributed by atoms with Gasteiger partial charge in [-0.3, -0.25) is 4.79 Å². The number of amides is 1. The second-order valence-corrected chi connectivity index (χ2v) is 8.82. The van der Waals surface area contributed by atoms with Crippen LogP contribution in [0.25, 0.3) is 0 Å². The van der Waals surface area contributed by atoms with Gasteiger partial charge in [-0.15, -0.1) is 23.4 Å². The zero-order valence-corrected chi connectivity index (χ0v) is 17.0. The summed E-state index contributed by atoms with van der Waals surface area (Å²) in [4.78, 5) is 12.7. The van der Waals surface area contributed by atoms with E-state index in [9.17, 15) is 20.1 Å². The smallest absolute Gasteiger partial charge is 0.237 e. The molecule has 2 fully saturated rings. The van der Waals surface area contributed by atoms with Gasteiger partial charge in [-0.2, -0.15) is 0 Å². The molecule has 0 radical (unpaired) electrons. The Morgan fingerprint density at radius 3 is 2.62 bits per heavy atom. The minimum Gasteiger partial charge on any atom is -0.388 e. The molecule has 9 heteroatoms. The van der Waals surface area contributed by atoms with Gasteiger partial charge in [0.15, 0.2) is 0 Å². The van der Waals surface area contributed by atoms with Crippen molar-refractivity contribution in [2.45, 2.75) is 80.4 Å². The number of rotatable bonds is 6. The predicted octanol–water partition coefficient (Wildman–Crippen LogP) is 0.0473. The van der Waals surface area contributed by atoms with E-state index in [0.717, 1.165) is 25.8 Å². The number of aliphatic hydroxyl groups is 3. The molecule has 0 aromatic rings. The number of carbonyl (C=O) groups is 1. The number of thioether (sulfide) groups is 1. The van der Waals surface area contributed by atoms with E-state index in [-0.39, 0.29) is 11.9 Å². The lowest BCUT2D eigenvalue weighted by atomic mass is 9.89. The molecule has 2 saturated heterocycles. The Bertz CT molecular complexity index is 470. The zero-order chi connectivity index (χ0) is 19.4. The maximum absolute atomic E-state index is 12.7. The highest BCUT2D eigenvalue weighted by molar-refractivity contribution is 7.99. The second kappa shape index (κ2) is 9.91. The van der Waals surface area contributed by atoms with Crippen molar-refractivity contribution >= 4 is 29.3 Å². The number of halogens is 1. The van der Waals surface area contributed by atoms with Gasteiger partial charge in [0.1, 0.15) is 29.9 Å². The van der Waals surface area contributed by atoms with E-state index in [4.69, 9.17) is 16.3 Å². The molecule has 0 aromatic carbocycles. The van der Waals surface area contributed by atoms with Crippen LogP contribution in [0.15, 0.2) is 0 Å². The Morgan fingerprint density at radius 1 is 1.35 bits per heavy atom. The van der Waals surface area contributed by atoms with Gasteiger partial charge in [0.05, 0.1) is 17.5 Å². The number of aliphatic hydroxyl groups excluding tert-OH is 3. The van der Waals surface area contributed by atoms with Crippen LogP contribution in [-0.4, -0.2) is 81.3 Å². The monoisotopic (exact) mass is 410 g/mol. The normalized spacial score (nSPS) is 40.7. The summed E-state index contributed by atoms with van der Waals surface area (Å²) in [5, 5.41) is 36.1. The van der Waals surface area contributed by atoms with Crippen molar-refractivity contribution in [2.75, 3.05) is 12.8 Å². The molecule has 0 aliphatic carbocycles. The van der Waals surface area contributed by atoms with Crippen LogP contribution in [0.3, 0.4) is 0 Å². The van der Waals surface area contributed by atoms with Crippen molar-refractivity contribution in [3.05, 3.63) is 0 Å². The fraction of sp³-hybridized carbons (Fsp3) is 0.941. The molecule has 9 atom stereocenters. The van der Waals surface area contributed by atoms with E-state index in [1.165, 1.54) is 11.8 Å². The standard InChI is InChI=1S/C17H31ClN2O5S/c1-4-9-5-6-19-10(7-9)16(24)20-11(8(2)18)15-13(22)12(21)14(23)17(25-15)26-3/h8-15,17,19,21-23H,4-7H2,1-3H3,(H,20,24)/t8-,9-,10+,11-,12+,13+,14-,15-,17+/m1/s1. The third-order valence-electron chi connectivity index (χ3n) is 5.40. The van der Waals surface area contributed by atoms with Gasteiger partial charge in [0.25, 0.3) is 0 Å². The van der Waals surface area contributed by atoms with Gasteiger partial charge >= 0.3 is 0 Å². The van der Waals surface area contributed by atoms with E-state index in [1.54, 1.807) is 13.2 Å². The lowest BCUT2D eigenvalue weighted by Gasteiger charge is -2.44. The lowest BCUT2D eigenvalue weighted by molar-refractivity contribution is -0.205. The first-order valence-electron chi connectivity index (χ1n) is 9.20. The van der Waals surface area contributed by atoms with Gasteiger partial charge in [-0.25, -0.2) is 0 Å². The number of alkyl halides is 1. The van der Waals surface area contributed by atoms with Crippen LogP contribution in [0.4, 0.5) is 0 Å². The molecule has 7 nitrogen and oxygen atoms in total. The highest BCUT2D eigenvalue weighted by Gasteiger charge is 2.48. The first-order chi connectivity index (χ1) is 12.3. The van der Waals surface area contributed by atoms with E-state index in [2.05, 4.69) is 17.6 Å². The Hall–Kier alpha value is -0.0900. The highest BCUT2D eigenvalue weighted by atomic mass is 35.5. The van der Waals surface area contributed by atoms with Crippen LogP contribution in [0.2, 0.25) is 0 Å². The molecule has 0 saturated carbocycles. The van der Waals surface area contributed by atoms with Crippen molar-refractivity contribution in [3.63, 3.8) is 0 Å². The average molecular weight is 411 g/mol. The second-order valence-electron chi connectivity index (χ2n) is 7.19. The molecule has 0 unspecified atom stereocenters. The number of piperidine rings is 1. The quantitative estimate of drug-likeness (QED) is 0.393. The van der Waals surface area contributed by atoms with Crippen LogP contribution in [0.5, 0.6) is 0 Å². The minimum absolute atomic E-state index is 0.183. The van der Waals surface area contributed by atoms with Crippen molar-refractivity contribution < 1.29 is 24.9 Å². The Labute approximate surface area is 164 Å². The summed E-state index contributed by atoms with van der Waals surface area (Å²) >= 11 is 7.51. The van der Waals surface area contributed by atoms with E-state index in [1.807, 2.05) is 0 Å². The fourth-order valence-corrected chi connectivity index (χ4v) is 4.54. The van der Waals surface area contributed by atoms with Gasteiger partial charge in [-0.05, 0) is 38.5 Å². The van der Waals surface area contributed by atoms with Gasteiger partial charge < -0.3 is 30.7 Å². The highest BCUT2D eigenvalue weighted by Crippen LogP contribution is 2.30. The number of nitrogens with one attached hydrogen (secondary N) is 2. The molecule has 0 bridgehead atoms.